The lowest BCUT2D eigenvalue weighted by atomic mass is 10.1. The molecule has 0 fully saturated rings. The quantitative estimate of drug-likeness (QED) is 0.0422. The maximum Gasteiger partial charge on any atom is 0.500 e. The number of rotatable bonds is 29. The molecule has 0 aromatic rings. The number of hydrogen-bond acceptors (Lipinski definition) is 8. The monoisotopic (exact) mass is 602 g/mol. The summed E-state index contributed by atoms with van der Waals surface area (Å²) < 4.78 is 31.9. The molecule has 0 rings (SSSR count). The molecule has 0 aromatic heterocycles. The van der Waals surface area contributed by atoms with Crippen LogP contribution in [0.1, 0.15) is 109 Å². The summed E-state index contributed by atoms with van der Waals surface area (Å²) in [5.41, 5.74) is 0. The molecule has 234 valence electrons. The van der Waals surface area contributed by atoms with Gasteiger partial charge in [0.25, 0.3) is 0 Å². The Morgan fingerprint density at radius 2 is 0.975 bits per heavy atom. The van der Waals surface area contributed by atoms with Gasteiger partial charge in [-0.05, 0) is 32.1 Å². The summed E-state index contributed by atoms with van der Waals surface area (Å²) in [4.78, 5) is 23.5. The highest BCUT2D eigenvalue weighted by atomic mass is 28.4. The second-order valence-corrected chi connectivity index (χ2v) is 15.3. The third-order valence-electron chi connectivity index (χ3n) is 6.93. The summed E-state index contributed by atoms with van der Waals surface area (Å²) in [6.07, 6.45) is 21.4. The van der Waals surface area contributed by atoms with Crippen LogP contribution >= 0.6 is 0 Å². The zero-order valence-electron chi connectivity index (χ0n) is 26.0. The van der Waals surface area contributed by atoms with Gasteiger partial charge in [0.1, 0.15) is 0 Å². The molecule has 0 heterocycles. The largest absolute Gasteiger partial charge is 0.500 e. The van der Waals surface area contributed by atoms with E-state index in [1.807, 2.05) is 0 Å². The Morgan fingerprint density at radius 3 is 1.38 bits per heavy atom. The number of carbonyl (C=O) groups is 2. The molecule has 0 spiro atoms. The number of allylic oxidation sites excluding steroid dienone is 1. The average molecular weight is 603 g/mol. The Labute approximate surface area is 247 Å². The molecule has 0 aliphatic rings. The number of ether oxygens (including phenoxy) is 2. The SMILES string of the molecule is C=C(CCCCCCCCCOC(=O)/C=C/C(=O)OCCCCCCCCCCC[Si](OC)(OC)OC)[SiH2]OC. The molecular weight excluding hydrogens is 544 g/mol. The lowest BCUT2D eigenvalue weighted by Crippen LogP contribution is -2.42. The van der Waals surface area contributed by atoms with Crippen LogP contribution in [0.25, 0.3) is 0 Å². The highest BCUT2D eigenvalue weighted by Gasteiger charge is 2.36. The summed E-state index contributed by atoms with van der Waals surface area (Å²) in [7, 11) is 3.81. The Balaban J connectivity index is 3.51. The van der Waals surface area contributed by atoms with Crippen molar-refractivity contribution in [1.82, 2.24) is 0 Å². The highest BCUT2D eigenvalue weighted by molar-refractivity contribution is 6.60. The van der Waals surface area contributed by atoms with Gasteiger partial charge in [-0.25, -0.2) is 9.59 Å². The van der Waals surface area contributed by atoms with Gasteiger partial charge in [0.05, 0.1) is 13.2 Å². The van der Waals surface area contributed by atoms with Crippen LogP contribution in [0.4, 0.5) is 0 Å². The maximum atomic E-state index is 11.8. The van der Waals surface area contributed by atoms with E-state index in [1.54, 1.807) is 28.4 Å². The van der Waals surface area contributed by atoms with Crippen LogP contribution in [0.3, 0.4) is 0 Å². The molecular formula is C30H58O8Si2. The van der Waals surface area contributed by atoms with Gasteiger partial charge in [0.2, 0.25) is 0 Å². The van der Waals surface area contributed by atoms with Crippen molar-refractivity contribution < 1.29 is 36.8 Å². The molecule has 0 saturated carbocycles. The zero-order valence-corrected chi connectivity index (χ0v) is 28.4. The van der Waals surface area contributed by atoms with Crippen molar-refractivity contribution in [3.8, 4) is 0 Å². The van der Waals surface area contributed by atoms with Gasteiger partial charge in [-0.2, -0.15) is 0 Å². The smallest absolute Gasteiger partial charge is 0.463 e. The van der Waals surface area contributed by atoms with Crippen LogP contribution in [0.5, 0.6) is 0 Å². The van der Waals surface area contributed by atoms with E-state index in [2.05, 4.69) is 6.58 Å². The average Bonchev–Trinajstić information content (AvgIpc) is 2.96. The topological polar surface area (TPSA) is 89.5 Å². The highest BCUT2D eigenvalue weighted by Crippen LogP contribution is 2.18. The van der Waals surface area contributed by atoms with Crippen molar-refractivity contribution >= 4 is 30.5 Å². The Hall–Kier alpha value is -1.31. The minimum Gasteiger partial charge on any atom is -0.463 e. The van der Waals surface area contributed by atoms with Gasteiger partial charge in [0.15, 0.2) is 9.76 Å². The molecule has 0 aliphatic carbocycles. The summed E-state index contributed by atoms with van der Waals surface area (Å²) in [6.45, 7) is 4.82. The number of carbonyl (C=O) groups excluding carboxylic acids is 2. The summed E-state index contributed by atoms with van der Waals surface area (Å²) in [5.74, 6) is -0.984. The molecule has 0 bridgehead atoms. The maximum absolute atomic E-state index is 11.8. The second-order valence-electron chi connectivity index (χ2n) is 10.3. The van der Waals surface area contributed by atoms with E-state index >= 15 is 0 Å². The summed E-state index contributed by atoms with van der Waals surface area (Å²) in [5, 5.41) is 1.30. The molecule has 0 aliphatic heterocycles. The van der Waals surface area contributed by atoms with Crippen molar-refractivity contribution in [1.29, 1.82) is 0 Å². The van der Waals surface area contributed by atoms with E-state index in [1.165, 1.54) is 56.6 Å². The normalized spacial score (nSPS) is 12.0. The van der Waals surface area contributed by atoms with E-state index in [-0.39, 0.29) is 0 Å². The molecule has 0 atom stereocenters. The Morgan fingerprint density at radius 1 is 0.600 bits per heavy atom. The third kappa shape index (κ3) is 23.4. The minimum absolute atomic E-state index is 0.381. The van der Waals surface area contributed by atoms with E-state index in [9.17, 15) is 9.59 Å². The third-order valence-corrected chi connectivity index (χ3v) is 10.8. The van der Waals surface area contributed by atoms with Gasteiger partial charge in [0, 0.05) is 46.6 Å². The summed E-state index contributed by atoms with van der Waals surface area (Å²) in [6, 6.07) is 0.862. The van der Waals surface area contributed by atoms with Gasteiger partial charge >= 0.3 is 20.7 Å². The predicted molar refractivity (Wildman–Crippen MR) is 166 cm³/mol. The molecule has 10 heteroatoms. The molecule has 0 aromatic carbocycles. The summed E-state index contributed by atoms with van der Waals surface area (Å²) >= 11 is 0. The molecule has 0 N–H and O–H groups in total. The zero-order chi connectivity index (χ0) is 29.7. The first-order valence-electron chi connectivity index (χ1n) is 15.3. The van der Waals surface area contributed by atoms with Crippen LogP contribution in [-0.4, -0.2) is 72.2 Å². The fraction of sp³-hybridized carbons (Fsp3) is 0.800. The first-order valence-corrected chi connectivity index (χ1v) is 18.5. The van der Waals surface area contributed by atoms with Gasteiger partial charge in [-0.15, -0.1) is 6.58 Å². The molecule has 0 saturated heterocycles. The van der Waals surface area contributed by atoms with Crippen LogP contribution in [-0.2, 0) is 36.8 Å². The van der Waals surface area contributed by atoms with Crippen LogP contribution in [0.15, 0.2) is 23.9 Å². The molecule has 0 unspecified atom stereocenters. The second kappa shape index (κ2) is 27.8. The fourth-order valence-corrected chi connectivity index (χ4v) is 7.05. The fourth-order valence-electron chi connectivity index (χ4n) is 4.45. The molecule has 40 heavy (non-hydrogen) atoms. The van der Waals surface area contributed by atoms with Crippen molar-refractivity contribution in [3.05, 3.63) is 23.9 Å². The molecule has 0 radical (unpaired) electrons. The van der Waals surface area contributed by atoms with E-state index < -0.39 is 30.5 Å². The number of unbranched alkanes of at least 4 members (excludes halogenated alkanes) is 14. The first kappa shape index (κ1) is 38.7. The molecule has 8 nitrogen and oxygen atoms in total. The van der Waals surface area contributed by atoms with Crippen molar-refractivity contribution in [2.75, 3.05) is 41.7 Å². The lowest BCUT2D eigenvalue weighted by Gasteiger charge is -2.24. The minimum atomic E-state index is -2.41. The van der Waals surface area contributed by atoms with Gasteiger partial charge in [-0.3, -0.25) is 0 Å². The van der Waals surface area contributed by atoms with Crippen molar-refractivity contribution in [2.24, 2.45) is 0 Å². The van der Waals surface area contributed by atoms with Crippen molar-refractivity contribution in [3.63, 3.8) is 0 Å². The first-order chi connectivity index (χ1) is 19.4. The van der Waals surface area contributed by atoms with Gasteiger partial charge in [-0.1, -0.05) is 82.2 Å². The van der Waals surface area contributed by atoms with Crippen LogP contribution in [0, 0.1) is 0 Å². The van der Waals surface area contributed by atoms with E-state index in [0.29, 0.717) is 13.2 Å². The van der Waals surface area contributed by atoms with Gasteiger partial charge < -0.3 is 27.2 Å². The predicted octanol–water partition coefficient (Wildman–Crippen LogP) is 6.38. The Bertz CT molecular complexity index is 660. The Kier molecular flexibility index (Phi) is 26.9. The van der Waals surface area contributed by atoms with E-state index in [4.69, 9.17) is 27.2 Å². The van der Waals surface area contributed by atoms with Crippen LogP contribution < -0.4 is 0 Å². The van der Waals surface area contributed by atoms with Crippen LogP contribution in [0.2, 0.25) is 6.04 Å². The molecule has 0 amide bonds. The number of hydrogen-bond donors (Lipinski definition) is 0. The van der Waals surface area contributed by atoms with E-state index in [0.717, 1.165) is 76.0 Å². The van der Waals surface area contributed by atoms with Crippen molar-refractivity contribution in [2.45, 2.75) is 115 Å². The standard InChI is InChI=1S/C30H58O8Si2/c1-28(39-33-2)22-18-14-10-9-12-16-20-26-38-30(32)24-23-29(31)37-25-19-15-11-7-6-8-13-17-21-27-40(34-3,35-4)36-5/h23-24H,1,6-22,25-27,39H2,2-5H3/b24-23+. The number of esters is 2. The lowest BCUT2D eigenvalue weighted by molar-refractivity contribution is -0.140.